The Bertz CT molecular complexity index is 423. The fourth-order valence-electron chi connectivity index (χ4n) is 5.58. The maximum atomic E-state index is 13.2. The van der Waals surface area contributed by atoms with E-state index in [1.54, 1.807) is 4.90 Å². The van der Waals surface area contributed by atoms with Crippen molar-refractivity contribution in [2.24, 2.45) is 23.2 Å². The van der Waals surface area contributed by atoms with E-state index in [1.165, 1.54) is 19.3 Å². The Kier molecular flexibility index (Phi) is 4.21. The normalized spacial score (nSPS) is 35.7. The van der Waals surface area contributed by atoms with Crippen LogP contribution in [0, 0.1) is 23.2 Å². The molecule has 4 heteroatoms. The lowest BCUT2D eigenvalue weighted by atomic mass is 9.49. The summed E-state index contributed by atoms with van der Waals surface area (Å²) in [5.41, 5.74) is -0.136. The minimum Gasteiger partial charge on any atom is -0.352 e. The summed E-state index contributed by atoms with van der Waals surface area (Å²) in [4.78, 5) is 27.0. The van der Waals surface area contributed by atoms with Crippen molar-refractivity contribution in [2.75, 3.05) is 13.1 Å². The fraction of sp³-hybridized carbons (Fsp3) is 0.889. The monoisotopic (exact) mass is 306 g/mol. The standard InChI is InChI=1S/C18H30N2O2/c1-4-20(11-16(21)19-12(2)3)17(22)18-8-13-5-14(9-18)7-15(6-13)10-18/h12-15H,4-11H2,1-3H3,(H,19,21). The minimum absolute atomic E-state index is 0.0325. The number of hydrogen-bond donors (Lipinski definition) is 1. The van der Waals surface area contributed by atoms with Crippen LogP contribution in [0.1, 0.15) is 59.3 Å². The zero-order chi connectivity index (χ0) is 15.9. The number of nitrogens with zero attached hydrogens (tertiary/aromatic N) is 1. The molecule has 4 saturated carbocycles. The smallest absolute Gasteiger partial charge is 0.239 e. The SMILES string of the molecule is CCN(CC(=O)NC(C)C)C(=O)C12CC3CC(CC(C3)C1)C2. The zero-order valence-electron chi connectivity index (χ0n) is 14.2. The van der Waals surface area contributed by atoms with Gasteiger partial charge in [-0.3, -0.25) is 9.59 Å². The second-order valence-corrected chi connectivity index (χ2v) is 8.24. The number of rotatable bonds is 5. The van der Waals surface area contributed by atoms with Crippen molar-refractivity contribution in [2.45, 2.75) is 65.3 Å². The predicted octanol–water partition coefficient (Wildman–Crippen LogP) is 2.58. The first kappa shape index (κ1) is 15.8. The quantitative estimate of drug-likeness (QED) is 0.848. The molecule has 4 aliphatic carbocycles. The maximum absolute atomic E-state index is 13.2. The number of carbonyl (C=O) groups is 2. The van der Waals surface area contributed by atoms with Crippen LogP contribution in [-0.2, 0) is 9.59 Å². The van der Waals surface area contributed by atoms with Crippen molar-refractivity contribution in [1.82, 2.24) is 10.2 Å². The molecule has 0 aliphatic heterocycles. The largest absolute Gasteiger partial charge is 0.352 e. The number of nitrogens with one attached hydrogen (secondary N) is 1. The highest BCUT2D eigenvalue weighted by molar-refractivity contribution is 5.88. The first-order valence-electron chi connectivity index (χ1n) is 9.00. The molecule has 124 valence electrons. The molecule has 4 nitrogen and oxygen atoms in total. The van der Waals surface area contributed by atoms with Gasteiger partial charge in [0.15, 0.2) is 0 Å². The summed E-state index contributed by atoms with van der Waals surface area (Å²) in [5.74, 6) is 2.51. The number of likely N-dealkylation sites (N-methyl/N-ethyl adjacent to an activating group) is 1. The lowest BCUT2D eigenvalue weighted by molar-refractivity contribution is -0.159. The molecular formula is C18H30N2O2. The molecule has 0 aromatic carbocycles. The Labute approximate surface area is 134 Å². The Morgan fingerprint density at radius 2 is 1.59 bits per heavy atom. The second kappa shape index (κ2) is 5.86. The van der Waals surface area contributed by atoms with Gasteiger partial charge >= 0.3 is 0 Å². The van der Waals surface area contributed by atoms with Crippen LogP contribution in [0.25, 0.3) is 0 Å². The highest BCUT2D eigenvalue weighted by atomic mass is 16.2. The molecule has 4 rings (SSSR count). The van der Waals surface area contributed by atoms with Crippen LogP contribution in [0.2, 0.25) is 0 Å². The van der Waals surface area contributed by atoms with Crippen molar-refractivity contribution >= 4 is 11.8 Å². The van der Waals surface area contributed by atoms with E-state index in [0.717, 1.165) is 37.0 Å². The third-order valence-corrected chi connectivity index (χ3v) is 5.94. The van der Waals surface area contributed by atoms with Crippen LogP contribution < -0.4 is 5.32 Å². The van der Waals surface area contributed by atoms with E-state index >= 15 is 0 Å². The van der Waals surface area contributed by atoms with Gasteiger partial charge in [0.2, 0.25) is 11.8 Å². The van der Waals surface area contributed by atoms with Gasteiger partial charge in [0.25, 0.3) is 0 Å². The third kappa shape index (κ3) is 2.89. The molecule has 0 saturated heterocycles. The summed E-state index contributed by atoms with van der Waals surface area (Å²) >= 11 is 0. The third-order valence-electron chi connectivity index (χ3n) is 5.94. The highest BCUT2D eigenvalue weighted by Gasteiger charge is 2.55. The van der Waals surface area contributed by atoms with Crippen molar-refractivity contribution in [1.29, 1.82) is 0 Å². The molecule has 0 aromatic rings. The molecule has 0 heterocycles. The van der Waals surface area contributed by atoms with Crippen molar-refractivity contribution in [3.63, 3.8) is 0 Å². The number of hydrogen-bond acceptors (Lipinski definition) is 2. The molecule has 0 unspecified atom stereocenters. The number of carbonyl (C=O) groups excluding carboxylic acids is 2. The van der Waals surface area contributed by atoms with Gasteiger partial charge in [-0.15, -0.1) is 0 Å². The molecule has 0 aromatic heterocycles. The summed E-state index contributed by atoms with van der Waals surface area (Å²) in [5, 5.41) is 2.90. The van der Waals surface area contributed by atoms with Crippen LogP contribution >= 0.6 is 0 Å². The van der Waals surface area contributed by atoms with E-state index in [0.29, 0.717) is 6.54 Å². The summed E-state index contributed by atoms with van der Waals surface area (Å²) in [6.45, 7) is 6.74. The molecule has 1 N–H and O–H groups in total. The molecule has 2 amide bonds. The van der Waals surface area contributed by atoms with Crippen LogP contribution in [0.4, 0.5) is 0 Å². The second-order valence-electron chi connectivity index (χ2n) is 8.24. The summed E-state index contributed by atoms with van der Waals surface area (Å²) in [7, 11) is 0. The van der Waals surface area contributed by atoms with Crippen LogP contribution in [0.5, 0.6) is 0 Å². The van der Waals surface area contributed by atoms with Gasteiger partial charge in [-0.25, -0.2) is 0 Å². The molecule has 0 spiro atoms. The fourth-order valence-corrected chi connectivity index (χ4v) is 5.58. The Balaban J connectivity index is 1.70. The molecule has 22 heavy (non-hydrogen) atoms. The molecule has 4 fully saturated rings. The average Bonchev–Trinajstić information content (AvgIpc) is 2.41. The predicted molar refractivity (Wildman–Crippen MR) is 86.1 cm³/mol. The maximum Gasteiger partial charge on any atom is 0.239 e. The van der Waals surface area contributed by atoms with Crippen LogP contribution in [-0.4, -0.2) is 35.8 Å². The van der Waals surface area contributed by atoms with Crippen molar-refractivity contribution in [3.05, 3.63) is 0 Å². The summed E-state index contributed by atoms with van der Waals surface area (Å²) in [6, 6.07) is 0.126. The van der Waals surface area contributed by atoms with E-state index in [-0.39, 0.29) is 29.8 Å². The van der Waals surface area contributed by atoms with Crippen LogP contribution in [0.3, 0.4) is 0 Å². The molecule has 4 aliphatic rings. The van der Waals surface area contributed by atoms with E-state index in [1.807, 2.05) is 20.8 Å². The molecule has 4 bridgehead atoms. The summed E-state index contributed by atoms with van der Waals surface area (Å²) < 4.78 is 0. The molecule has 0 radical (unpaired) electrons. The van der Waals surface area contributed by atoms with E-state index in [9.17, 15) is 9.59 Å². The lowest BCUT2D eigenvalue weighted by Gasteiger charge is -2.56. The first-order valence-corrected chi connectivity index (χ1v) is 9.00. The van der Waals surface area contributed by atoms with Gasteiger partial charge in [0, 0.05) is 12.6 Å². The Morgan fingerprint density at radius 3 is 2.00 bits per heavy atom. The number of amides is 2. The highest BCUT2D eigenvalue weighted by Crippen LogP contribution is 2.60. The van der Waals surface area contributed by atoms with Crippen LogP contribution in [0.15, 0.2) is 0 Å². The minimum atomic E-state index is -0.136. The van der Waals surface area contributed by atoms with Gasteiger partial charge in [0.05, 0.1) is 12.0 Å². The summed E-state index contributed by atoms with van der Waals surface area (Å²) in [6.07, 6.45) is 7.23. The van der Waals surface area contributed by atoms with Gasteiger partial charge < -0.3 is 10.2 Å². The molecule has 0 atom stereocenters. The van der Waals surface area contributed by atoms with Crippen molar-refractivity contribution < 1.29 is 9.59 Å². The molecular weight excluding hydrogens is 276 g/mol. The Hall–Kier alpha value is -1.06. The van der Waals surface area contributed by atoms with E-state index < -0.39 is 0 Å². The van der Waals surface area contributed by atoms with Crippen molar-refractivity contribution in [3.8, 4) is 0 Å². The topological polar surface area (TPSA) is 49.4 Å². The van der Waals surface area contributed by atoms with Gasteiger partial charge in [0.1, 0.15) is 0 Å². The first-order chi connectivity index (χ1) is 10.4. The Morgan fingerprint density at radius 1 is 1.09 bits per heavy atom. The van der Waals surface area contributed by atoms with E-state index in [2.05, 4.69) is 5.32 Å². The zero-order valence-corrected chi connectivity index (χ0v) is 14.2. The van der Waals surface area contributed by atoms with Gasteiger partial charge in [-0.1, -0.05) is 0 Å². The van der Waals surface area contributed by atoms with Gasteiger partial charge in [-0.2, -0.15) is 0 Å². The average molecular weight is 306 g/mol. The van der Waals surface area contributed by atoms with E-state index in [4.69, 9.17) is 0 Å². The van der Waals surface area contributed by atoms with Gasteiger partial charge in [-0.05, 0) is 77.0 Å². The lowest BCUT2D eigenvalue weighted by Crippen LogP contribution is -2.56.